The number of likely N-dealkylation sites (N-methyl/N-ethyl adjacent to an activating group) is 1. The first kappa shape index (κ1) is 15.7. The van der Waals surface area contributed by atoms with Crippen LogP contribution in [-0.2, 0) is 11.3 Å². The number of benzene rings is 1. The van der Waals surface area contributed by atoms with Crippen LogP contribution in [0.4, 0.5) is 0 Å². The fourth-order valence-electron chi connectivity index (χ4n) is 1.34. The molecule has 0 aliphatic rings. The third-order valence-corrected chi connectivity index (χ3v) is 2.04. The van der Waals surface area contributed by atoms with Gasteiger partial charge in [-0.25, -0.2) is 0 Å². The summed E-state index contributed by atoms with van der Waals surface area (Å²) in [6.07, 6.45) is 0. The van der Waals surface area contributed by atoms with E-state index in [4.69, 9.17) is 4.74 Å². The maximum Gasteiger partial charge on any atom is 0.234 e. The number of rotatable bonds is 6. The Morgan fingerprint density at radius 3 is 2.82 bits per heavy atom. The van der Waals surface area contributed by atoms with Gasteiger partial charge in [-0.15, -0.1) is 12.4 Å². The second-order valence-corrected chi connectivity index (χ2v) is 3.39. The molecular formula is C12H19ClN2O2. The molecule has 2 N–H and O–H groups in total. The number of halogens is 1. The zero-order chi connectivity index (χ0) is 11.8. The van der Waals surface area contributed by atoms with E-state index in [1.165, 1.54) is 0 Å². The van der Waals surface area contributed by atoms with Gasteiger partial charge in [0, 0.05) is 6.54 Å². The van der Waals surface area contributed by atoms with Gasteiger partial charge in [0.25, 0.3) is 0 Å². The topological polar surface area (TPSA) is 50.4 Å². The SMILES string of the molecule is CCOc1cccc(CNC(=O)CNC)c1.Cl. The van der Waals surface area contributed by atoms with E-state index in [1.807, 2.05) is 31.2 Å². The van der Waals surface area contributed by atoms with Crippen molar-refractivity contribution in [2.24, 2.45) is 0 Å². The van der Waals surface area contributed by atoms with Crippen LogP contribution in [0.3, 0.4) is 0 Å². The molecule has 0 unspecified atom stereocenters. The highest BCUT2D eigenvalue weighted by atomic mass is 35.5. The molecule has 0 bridgehead atoms. The lowest BCUT2D eigenvalue weighted by Gasteiger charge is -2.07. The Morgan fingerprint density at radius 1 is 1.41 bits per heavy atom. The van der Waals surface area contributed by atoms with Gasteiger partial charge in [0.2, 0.25) is 5.91 Å². The highest BCUT2D eigenvalue weighted by molar-refractivity contribution is 5.85. The van der Waals surface area contributed by atoms with Crippen molar-refractivity contribution in [3.05, 3.63) is 29.8 Å². The van der Waals surface area contributed by atoms with E-state index in [0.29, 0.717) is 19.7 Å². The molecule has 1 amide bonds. The van der Waals surface area contributed by atoms with Crippen LogP contribution in [0.15, 0.2) is 24.3 Å². The minimum absolute atomic E-state index is 0. The minimum Gasteiger partial charge on any atom is -0.494 e. The monoisotopic (exact) mass is 258 g/mol. The molecule has 1 aromatic rings. The first-order valence-corrected chi connectivity index (χ1v) is 5.39. The van der Waals surface area contributed by atoms with Crippen molar-refractivity contribution in [1.82, 2.24) is 10.6 Å². The average Bonchev–Trinajstić information content (AvgIpc) is 2.28. The Hall–Kier alpha value is -1.26. The highest BCUT2D eigenvalue weighted by Gasteiger charge is 2.00. The third kappa shape index (κ3) is 6.14. The Balaban J connectivity index is 0.00000256. The first-order valence-electron chi connectivity index (χ1n) is 5.39. The number of carbonyl (C=O) groups is 1. The maximum atomic E-state index is 11.2. The second kappa shape index (κ2) is 8.84. The zero-order valence-corrected chi connectivity index (χ0v) is 11.0. The number of hydrogen-bond acceptors (Lipinski definition) is 3. The van der Waals surface area contributed by atoms with Gasteiger partial charge in [-0.1, -0.05) is 12.1 Å². The Labute approximate surface area is 108 Å². The van der Waals surface area contributed by atoms with Gasteiger partial charge in [-0.05, 0) is 31.7 Å². The predicted molar refractivity (Wildman–Crippen MR) is 70.6 cm³/mol. The van der Waals surface area contributed by atoms with Crippen molar-refractivity contribution in [3.8, 4) is 5.75 Å². The standard InChI is InChI=1S/C12H18N2O2.ClH/c1-3-16-11-6-4-5-10(7-11)8-14-12(15)9-13-2;/h4-7,13H,3,8-9H2,1-2H3,(H,14,15);1H. The predicted octanol–water partition coefficient (Wildman–Crippen LogP) is 1.34. The fraction of sp³-hybridized carbons (Fsp3) is 0.417. The van der Waals surface area contributed by atoms with Crippen molar-refractivity contribution in [2.45, 2.75) is 13.5 Å². The van der Waals surface area contributed by atoms with Gasteiger partial charge in [-0.2, -0.15) is 0 Å². The molecule has 17 heavy (non-hydrogen) atoms. The molecule has 0 saturated heterocycles. The first-order chi connectivity index (χ1) is 7.76. The summed E-state index contributed by atoms with van der Waals surface area (Å²) in [5, 5.41) is 5.61. The molecule has 1 rings (SSSR count). The van der Waals surface area contributed by atoms with Crippen LogP contribution < -0.4 is 15.4 Å². The van der Waals surface area contributed by atoms with Crippen molar-refractivity contribution in [3.63, 3.8) is 0 Å². The molecule has 0 aliphatic heterocycles. The summed E-state index contributed by atoms with van der Waals surface area (Å²) in [5.74, 6) is 0.826. The fourth-order valence-corrected chi connectivity index (χ4v) is 1.34. The Bertz CT molecular complexity index is 345. The summed E-state index contributed by atoms with van der Waals surface area (Å²) < 4.78 is 5.38. The normalized spacial score (nSPS) is 9.29. The Morgan fingerprint density at radius 2 is 2.18 bits per heavy atom. The van der Waals surface area contributed by atoms with E-state index in [0.717, 1.165) is 11.3 Å². The van der Waals surface area contributed by atoms with E-state index in [9.17, 15) is 4.79 Å². The summed E-state index contributed by atoms with van der Waals surface area (Å²) >= 11 is 0. The van der Waals surface area contributed by atoms with Crippen LogP contribution in [0.1, 0.15) is 12.5 Å². The molecule has 0 saturated carbocycles. The van der Waals surface area contributed by atoms with E-state index < -0.39 is 0 Å². The third-order valence-electron chi connectivity index (χ3n) is 2.04. The smallest absolute Gasteiger partial charge is 0.234 e. The van der Waals surface area contributed by atoms with Crippen molar-refractivity contribution in [1.29, 1.82) is 0 Å². The Kier molecular flexibility index (Phi) is 8.19. The lowest BCUT2D eigenvalue weighted by molar-refractivity contribution is -0.120. The van der Waals surface area contributed by atoms with Gasteiger partial charge in [-0.3, -0.25) is 4.79 Å². The lowest BCUT2D eigenvalue weighted by Crippen LogP contribution is -2.31. The van der Waals surface area contributed by atoms with E-state index >= 15 is 0 Å². The summed E-state index contributed by atoms with van der Waals surface area (Å²) in [4.78, 5) is 11.2. The van der Waals surface area contributed by atoms with E-state index in [1.54, 1.807) is 7.05 Å². The second-order valence-electron chi connectivity index (χ2n) is 3.39. The van der Waals surface area contributed by atoms with Crippen LogP contribution in [-0.4, -0.2) is 26.1 Å². The maximum absolute atomic E-state index is 11.2. The molecular weight excluding hydrogens is 240 g/mol. The summed E-state index contributed by atoms with van der Waals surface area (Å²) in [6, 6.07) is 7.72. The molecule has 0 heterocycles. The molecule has 0 fully saturated rings. The van der Waals surface area contributed by atoms with Crippen molar-refractivity contribution in [2.75, 3.05) is 20.2 Å². The van der Waals surface area contributed by atoms with Gasteiger partial charge in [0.15, 0.2) is 0 Å². The molecule has 4 nitrogen and oxygen atoms in total. The molecule has 5 heteroatoms. The van der Waals surface area contributed by atoms with E-state index in [-0.39, 0.29) is 18.3 Å². The minimum atomic E-state index is -0.00990. The van der Waals surface area contributed by atoms with Gasteiger partial charge < -0.3 is 15.4 Å². The van der Waals surface area contributed by atoms with Gasteiger partial charge in [0.05, 0.1) is 13.2 Å². The highest BCUT2D eigenvalue weighted by Crippen LogP contribution is 2.12. The molecule has 1 aromatic carbocycles. The van der Waals surface area contributed by atoms with Crippen LogP contribution >= 0.6 is 12.4 Å². The van der Waals surface area contributed by atoms with Crippen molar-refractivity contribution >= 4 is 18.3 Å². The van der Waals surface area contributed by atoms with Crippen LogP contribution in [0, 0.1) is 0 Å². The summed E-state index contributed by atoms with van der Waals surface area (Å²) in [5.41, 5.74) is 1.04. The van der Waals surface area contributed by atoms with Crippen LogP contribution in [0.2, 0.25) is 0 Å². The van der Waals surface area contributed by atoms with Gasteiger partial charge in [0.1, 0.15) is 5.75 Å². The molecule has 0 aromatic heterocycles. The van der Waals surface area contributed by atoms with Crippen LogP contribution in [0.25, 0.3) is 0 Å². The molecule has 0 radical (unpaired) electrons. The number of hydrogen-bond donors (Lipinski definition) is 2. The van der Waals surface area contributed by atoms with Crippen molar-refractivity contribution < 1.29 is 9.53 Å². The van der Waals surface area contributed by atoms with E-state index in [2.05, 4.69) is 10.6 Å². The molecule has 96 valence electrons. The molecule has 0 spiro atoms. The number of carbonyl (C=O) groups excluding carboxylic acids is 1. The zero-order valence-electron chi connectivity index (χ0n) is 10.2. The average molecular weight is 259 g/mol. The summed E-state index contributed by atoms with van der Waals surface area (Å²) in [7, 11) is 1.75. The lowest BCUT2D eigenvalue weighted by atomic mass is 10.2. The van der Waals surface area contributed by atoms with Crippen LogP contribution in [0.5, 0.6) is 5.75 Å². The molecule has 0 atom stereocenters. The number of amides is 1. The van der Waals surface area contributed by atoms with Gasteiger partial charge >= 0.3 is 0 Å². The quantitative estimate of drug-likeness (QED) is 0.810. The number of nitrogens with one attached hydrogen (secondary N) is 2. The molecule has 0 aliphatic carbocycles. The summed E-state index contributed by atoms with van der Waals surface area (Å²) in [6.45, 7) is 3.46. The largest absolute Gasteiger partial charge is 0.494 e. The number of ether oxygens (including phenoxy) is 1.